The molecule has 0 saturated carbocycles. The van der Waals surface area contributed by atoms with Crippen molar-refractivity contribution < 1.29 is 5.11 Å². The number of allylic oxidation sites excluding steroid dienone is 9. The van der Waals surface area contributed by atoms with Gasteiger partial charge in [0.25, 0.3) is 0 Å². The van der Waals surface area contributed by atoms with Crippen molar-refractivity contribution in [2.24, 2.45) is 5.41 Å². The molecule has 0 fully saturated rings. The van der Waals surface area contributed by atoms with Crippen molar-refractivity contribution in [3.8, 4) is 0 Å². The van der Waals surface area contributed by atoms with E-state index in [1.54, 1.807) is 6.08 Å². The van der Waals surface area contributed by atoms with Crippen LogP contribution in [0.5, 0.6) is 0 Å². The summed E-state index contributed by atoms with van der Waals surface area (Å²) in [7, 11) is 0. The van der Waals surface area contributed by atoms with E-state index in [4.69, 9.17) is 5.11 Å². The van der Waals surface area contributed by atoms with Crippen molar-refractivity contribution >= 4 is 37.7 Å². The van der Waals surface area contributed by atoms with Gasteiger partial charge in [-0.25, -0.2) is 0 Å². The molecule has 1 aliphatic carbocycles. The zero-order chi connectivity index (χ0) is 15.9. The van der Waals surface area contributed by atoms with E-state index >= 15 is 0 Å². The van der Waals surface area contributed by atoms with Crippen molar-refractivity contribution in [2.75, 3.05) is 6.61 Å². The summed E-state index contributed by atoms with van der Waals surface area (Å²) in [5.74, 6) is 0. The fourth-order valence-corrected chi connectivity index (χ4v) is 2.84. The molecule has 0 atom stereocenters. The van der Waals surface area contributed by atoms with Gasteiger partial charge in [0.1, 0.15) is 0 Å². The molecular weight excluding hydrogens is 296 g/mol. The Morgan fingerprint density at radius 2 is 1.86 bits per heavy atom. The first-order valence-corrected chi connectivity index (χ1v) is 7.87. The maximum absolute atomic E-state index is 8.81. The Kier molecular flexibility index (Phi) is 10.6. The third-order valence-electron chi connectivity index (χ3n) is 4.19. The molecule has 0 bridgehead atoms. The van der Waals surface area contributed by atoms with Crippen LogP contribution in [0.1, 0.15) is 53.9 Å². The number of hydrogen-bond acceptors (Lipinski definition) is 1. The Bertz CT molecular complexity index is 502. The van der Waals surface area contributed by atoms with Gasteiger partial charge < -0.3 is 5.11 Å². The molecule has 120 valence electrons. The third-order valence-corrected chi connectivity index (χ3v) is 4.19. The SMILES string of the molecule is CC1=C(/C=C/C(C)=C/C=C/C(C)=C/CO)C(C)(C)CCC1.[CaH2]. The van der Waals surface area contributed by atoms with E-state index in [0.29, 0.717) is 5.41 Å². The van der Waals surface area contributed by atoms with Crippen LogP contribution in [0.2, 0.25) is 0 Å². The first-order chi connectivity index (χ1) is 9.86. The first kappa shape index (κ1) is 21.9. The Hall–Kier alpha value is -0.0803. The van der Waals surface area contributed by atoms with Gasteiger partial charge in [-0.15, -0.1) is 0 Å². The molecular formula is C20H32CaO. The Morgan fingerprint density at radius 1 is 1.18 bits per heavy atom. The van der Waals surface area contributed by atoms with E-state index in [-0.39, 0.29) is 44.3 Å². The molecule has 0 amide bonds. The topological polar surface area (TPSA) is 20.2 Å². The first-order valence-electron chi connectivity index (χ1n) is 7.87. The summed E-state index contributed by atoms with van der Waals surface area (Å²) in [5, 5.41) is 8.81. The molecule has 0 aromatic carbocycles. The van der Waals surface area contributed by atoms with Gasteiger partial charge in [0.15, 0.2) is 0 Å². The van der Waals surface area contributed by atoms with E-state index < -0.39 is 0 Å². The van der Waals surface area contributed by atoms with Gasteiger partial charge in [0.2, 0.25) is 0 Å². The quantitative estimate of drug-likeness (QED) is 0.578. The minimum absolute atomic E-state index is 0. The van der Waals surface area contributed by atoms with Gasteiger partial charge >= 0.3 is 37.7 Å². The number of hydrogen-bond donors (Lipinski definition) is 1. The molecule has 1 rings (SSSR count). The van der Waals surface area contributed by atoms with Crippen LogP contribution in [0.15, 0.2) is 58.7 Å². The average molecular weight is 329 g/mol. The molecule has 0 unspecified atom stereocenters. The van der Waals surface area contributed by atoms with Gasteiger partial charge in [-0.2, -0.15) is 0 Å². The molecule has 0 aromatic rings. The van der Waals surface area contributed by atoms with E-state index in [1.807, 2.05) is 19.1 Å². The second kappa shape index (κ2) is 10.6. The molecule has 0 aromatic heterocycles. The van der Waals surface area contributed by atoms with Gasteiger partial charge in [-0.05, 0) is 51.0 Å². The standard InChI is InChI=1S/C20H30O.Ca.2H/c1-16(8-6-9-17(2)13-15-21)11-12-19-18(3)10-7-14-20(19,4)5;;;/h6,8-9,11-13,21H,7,10,14-15H2,1-5H3;;;/b9-6+,12-11+,16-8+,17-13+;;;. The summed E-state index contributed by atoms with van der Waals surface area (Å²) in [6.07, 6.45) is 16.3. The van der Waals surface area contributed by atoms with E-state index in [2.05, 4.69) is 45.9 Å². The zero-order valence-electron chi connectivity index (χ0n) is 14.2. The van der Waals surface area contributed by atoms with Crippen molar-refractivity contribution in [1.29, 1.82) is 0 Å². The van der Waals surface area contributed by atoms with Crippen LogP contribution in [0, 0.1) is 5.41 Å². The van der Waals surface area contributed by atoms with Crippen LogP contribution < -0.4 is 0 Å². The van der Waals surface area contributed by atoms with Crippen LogP contribution in [0.25, 0.3) is 0 Å². The zero-order valence-corrected chi connectivity index (χ0v) is 14.2. The van der Waals surface area contributed by atoms with E-state index in [1.165, 1.54) is 36.0 Å². The second-order valence-electron chi connectivity index (χ2n) is 6.67. The summed E-state index contributed by atoms with van der Waals surface area (Å²) < 4.78 is 0. The Balaban J connectivity index is 0.00000441. The fraction of sp³-hybridized carbons (Fsp3) is 0.500. The summed E-state index contributed by atoms with van der Waals surface area (Å²) in [6.45, 7) is 11.2. The summed E-state index contributed by atoms with van der Waals surface area (Å²) in [6, 6.07) is 0. The Labute approximate surface area is 166 Å². The van der Waals surface area contributed by atoms with Crippen LogP contribution in [0.3, 0.4) is 0 Å². The van der Waals surface area contributed by atoms with Gasteiger partial charge in [-0.1, -0.05) is 67.0 Å². The van der Waals surface area contributed by atoms with Crippen LogP contribution in [-0.2, 0) is 0 Å². The predicted octanol–water partition coefficient (Wildman–Crippen LogP) is 4.59. The van der Waals surface area contributed by atoms with Crippen molar-refractivity contribution in [3.63, 3.8) is 0 Å². The molecule has 1 N–H and O–H groups in total. The normalized spacial score (nSPS) is 19.9. The number of aliphatic hydroxyl groups is 1. The molecule has 0 spiro atoms. The molecule has 0 saturated heterocycles. The Morgan fingerprint density at radius 3 is 2.45 bits per heavy atom. The van der Waals surface area contributed by atoms with Gasteiger partial charge in [-0.3, -0.25) is 0 Å². The van der Waals surface area contributed by atoms with Crippen molar-refractivity contribution in [3.05, 3.63) is 58.7 Å². The molecule has 22 heavy (non-hydrogen) atoms. The van der Waals surface area contributed by atoms with Crippen molar-refractivity contribution in [2.45, 2.75) is 53.9 Å². The fourth-order valence-electron chi connectivity index (χ4n) is 2.84. The van der Waals surface area contributed by atoms with E-state index in [0.717, 1.165) is 5.57 Å². The van der Waals surface area contributed by atoms with Crippen molar-refractivity contribution in [1.82, 2.24) is 0 Å². The predicted molar refractivity (Wildman–Crippen MR) is 102 cm³/mol. The molecule has 0 aliphatic heterocycles. The molecule has 0 radical (unpaired) electrons. The number of aliphatic hydroxyl groups excluding tert-OH is 1. The third kappa shape index (κ3) is 7.46. The van der Waals surface area contributed by atoms with E-state index in [9.17, 15) is 0 Å². The monoisotopic (exact) mass is 328 g/mol. The van der Waals surface area contributed by atoms with Crippen LogP contribution >= 0.6 is 0 Å². The maximum atomic E-state index is 8.81. The molecule has 1 aliphatic rings. The van der Waals surface area contributed by atoms with Gasteiger partial charge in [0.05, 0.1) is 6.61 Å². The summed E-state index contributed by atoms with van der Waals surface area (Å²) >= 11 is 0. The van der Waals surface area contributed by atoms with Crippen LogP contribution in [0.4, 0.5) is 0 Å². The molecule has 2 heteroatoms. The number of rotatable bonds is 5. The summed E-state index contributed by atoms with van der Waals surface area (Å²) in [5.41, 5.74) is 5.66. The molecule has 0 heterocycles. The van der Waals surface area contributed by atoms with Gasteiger partial charge in [0, 0.05) is 0 Å². The molecule has 1 nitrogen and oxygen atoms in total. The second-order valence-corrected chi connectivity index (χ2v) is 6.67. The average Bonchev–Trinajstić information content (AvgIpc) is 2.37. The van der Waals surface area contributed by atoms with Crippen LogP contribution in [-0.4, -0.2) is 49.5 Å². The summed E-state index contributed by atoms with van der Waals surface area (Å²) in [4.78, 5) is 0. The minimum atomic E-state index is 0.